The molecule has 0 aliphatic rings. The Morgan fingerprint density at radius 2 is 2.31 bits per heavy atom. The molecule has 0 aromatic carbocycles. The van der Waals surface area contributed by atoms with Crippen LogP contribution in [0.4, 0.5) is 0 Å². The fourth-order valence-electron chi connectivity index (χ4n) is 0.681. The maximum atomic E-state index is 10.1. The second kappa shape index (κ2) is 9.14. The number of thioether (sulfide) groups is 1. The predicted molar refractivity (Wildman–Crippen MR) is 53.6 cm³/mol. The molecular formula is C9H13NO2S. The van der Waals surface area contributed by atoms with Crippen LogP contribution in [-0.4, -0.2) is 22.6 Å². The van der Waals surface area contributed by atoms with Gasteiger partial charge < -0.3 is 5.11 Å². The van der Waals surface area contributed by atoms with E-state index >= 15 is 0 Å². The molecule has 0 unspecified atom stereocenters. The van der Waals surface area contributed by atoms with Crippen molar-refractivity contribution in [2.24, 2.45) is 0 Å². The van der Waals surface area contributed by atoms with Gasteiger partial charge in [-0.1, -0.05) is 12.2 Å². The molecule has 0 saturated carbocycles. The van der Waals surface area contributed by atoms with E-state index < -0.39 is 5.97 Å². The molecule has 0 rings (SSSR count). The molecule has 1 N–H and O–H groups in total. The quantitative estimate of drug-likeness (QED) is 0.503. The Balaban J connectivity index is 3.09. The number of carboxylic acids is 1. The maximum absolute atomic E-state index is 10.1. The van der Waals surface area contributed by atoms with E-state index in [-0.39, 0.29) is 6.42 Å². The highest BCUT2D eigenvalue weighted by Gasteiger charge is 1.94. The largest absolute Gasteiger partial charge is 0.481 e. The van der Waals surface area contributed by atoms with E-state index in [9.17, 15) is 4.79 Å². The van der Waals surface area contributed by atoms with Crippen molar-refractivity contribution in [2.45, 2.75) is 19.3 Å². The summed E-state index contributed by atoms with van der Waals surface area (Å²) in [6.07, 6.45) is 5.18. The van der Waals surface area contributed by atoms with Crippen LogP contribution in [0.5, 0.6) is 0 Å². The molecule has 0 spiro atoms. The summed E-state index contributed by atoms with van der Waals surface area (Å²) in [5, 5.41) is 16.5. The van der Waals surface area contributed by atoms with Crippen molar-refractivity contribution < 1.29 is 9.90 Å². The van der Waals surface area contributed by atoms with Gasteiger partial charge in [-0.2, -0.15) is 17.0 Å². The van der Waals surface area contributed by atoms with Crippen molar-refractivity contribution in [2.75, 3.05) is 11.5 Å². The molecule has 0 aromatic heterocycles. The number of hydrogen-bond acceptors (Lipinski definition) is 3. The number of nitriles is 1. The van der Waals surface area contributed by atoms with Gasteiger partial charge >= 0.3 is 5.97 Å². The number of aliphatic carboxylic acids is 1. The molecule has 13 heavy (non-hydrogen) atoms. The Hall–Kier alpha value is -0.950. The Bertz CT molecular complexity index is 208. The van der Waals surface area contributed by atoms with E-state index in [1.165, 1.54) is 0 Å². The number of nitrogens with zero attached hydrogens (tertiary/aromatic N) is 1. The van der Waals surface area contributed by atoms with Crippen molar-refractivity contribution in [3.63, 3.8) is 0 Å². The lowest BCUT2D eigenvalue weighted by Gasteiger charge is -1.94. The maximum Gasteiger partial charge on any atom is 0.303 e. The van der Waals surface area contributed by atoms with Gasteiger partial charge in [0.25, 0.3) is 0 Å². The second-order valence-electron chi connectivity index (χ2n) is 2.41. The third-order valence-electron chi connectivity index (χ3n) is 1.27. The topological polar surface area (TPSA) is 61.1 Å². The molecule has 3 nitrogen and oxygen atoms in total. The first kappa shape index (κ1) is 12.0. The fourth-order valence-corrected chi connectivity index (χ4v) is 1.47. The third-order valence-corrected chi connectivity index (χ3v) is 2.27. The summed E-state index contributed by atoms with van der Waals surface area (Å²) in [5.74, 6) is 0.991. The van der Waals surface area contributed by atoms with Gasteiger partial charge in [-0.25, -0.2) is 0 Å². The SMILES string of the molecule is N#CCC=CCSCCCC(=O)O. The fraction of sp³-hybridized carbons (Fsp3) is 0.556. The summed E-state index contributed by atoms with van der Waals surface area (Å²) in [6, 6.07) is 2.01. The Morgan fingerprint density at radius 1 is 1.54 bits per heavy atom. The van der Waals surface area contributed by atoms with Crippen LogP contribution in [0.3, 0.4) is 0 Å². The minimum Gasteiger partial charge on any atom is -0.481 e. The molecule has 0 heterocycles. The average molecular weight is 199 g/mol. The van der Waals surface area contributed by atoms with Crippen molar-refractivity contribution in [3.05, 3.63) is 12.2 Å². The number of allylic oxidation sites excluding steroid dienone is 1. The van der Waals surface area contributed by atoms with Gasteiger partial charge in [-0.05, 0) is 12.2 Å². The van der Waals surface area contributed by atoms with Gasteiger partial charge in [-0.15, -0.1) is 0 Å². The molecule has 0 saturated heterocycles. The van der Waals surface area contributed by atoms with Gasteiger partial charge in [0, 0.05) is 12.2 Å². The molecular weight excluding hydrogens is 186 g/mol. The summed E-state index contributed by atoms with van der Waals surface area (Å²) in [5.41, 5.74) is 0. The highest BCUT2D eigenvalue weighted by atomic mass is 32.2. The minimum atomic E-state index is -0.736. The third kappa shape index (κ3) is 11.0. The summed E-state index contributed by atoms with van der Waals surface area (Å²) >= 11 is 1.69. The highest BCUT2D eigenvalue weighted by Crippen LogP contribution is 2.04. The first-order valence-corrected chi connectivity index (χ1v) is 5.24. The van der Waals surface area contributed by atoms with Crippen molar-refractivity contribution >= 4 is 17.7 Å². The van der Waals surface area contributed by atoms with Gasteiger partial charge in [0.15, 0.2) is 0 Å². The predicted octanol–water partition coefficient (Wildman–Crippen LogP) is 2.05. The zero-order valence-electron chi connectivity index (χ0n) is 7.40. The molecule has 0 aromatic rings. The molecule has 0 bridgehead atoms. The van der Waals surface area contributed by atoms with Gasteiger partial charge in [-0.3, -0.25) is 4.79 Å². The van der Waals surface area contributed by atoms with Gasteiger partial charge in [0.05, 0.1) is 12.5 Å². The van der Waals surface area contributed by atoms with Crippen molar-refractivity contribution in [1.29, 1.82) is 5.26 Å². The highest BCUT2D eigenvalue weighted by molar-refractivity contribution is 7.99. The number of carbonyl (C=O) groups is 1. The number of hydrogen-bond donors (Lipinski definition) is 1. The van der Waals surface area contributed by atoms with Crippen LogP contribution in [0, 0.1) is 11.3 Å². The Kier molecular flexibility index (Phi) is 8.47. The smallest absolute Gasteiger partial charge is 0.303 e. The molecule has 0 fully saturated rings. The lowest BCUT2D eigenvalue weighted by Crippen LogP contribution is -1.94. The van der Waals surface area contributed by atoms with Crippen LogP contribution < -0.4 is 0 Å². The first-order chi connectivity index (χ1) is 6.27. The summed E-state index contributed by atoms with van der Waals surface area (Å²) in [4.78, 5) is 10.1. The van der Waals surface area contributed by atoms with E-state index in [1.54, 1.807) is 11.8 Å². The summed E-state index contributed by atoms with van der Waals surface area (Å²) < 4.78 is 0. The second-order valence-corrected chi connectivity index (χ2v) is 3.56. The summed E-state index contributed by atoms with van der Waals surface area (Å²) in [7, 11) is 0. The molecule has 72 valence electrons. The van der Waals surface area contributed by atoms with E-state index in [4.69, 9.17) is 10.4 Å². The van der Waals surface area contributed by atoms with Crippen LogP contribution in [0.1, 0.15) is 19.3 Å². The van der Waals surface area contributed by atoms with Crippen molar-refractivity contribution in [3.8, 4) is 6.07 Å². The van der Waals surface area contributed by atoms with Gasteiger partial charge in [0.2, 0.25) is 0 Å². The van der Waals surface area contributed by atoms with E-state index in [2.05, 4.69) is 0 Å². The van der Waals surface area contributed by atoms with E-state index in [0.29, 0.717) is 12.8 Å². The van der Waals surface area contributed by atoms with Crippen LogP contribution in [0.25, 0.3) is 0 Å². The lowest BCUT2D eigenvalue weighted by atomic mass is 10.3. The average Bonchev–Trinajstić information content (AvgIpc) is 2.09. The van der Waals surface area contributed by atoms with Crippen LogP contribution in [-0.2, 0) is 4.79 Å². The Morgan fingerprint density at radius 3 is 2.92 bits per heavy atom. The van der Waals surface area contributed by atoms with Crippen LogP contribution in [0.2, 0.25) is 0 Å². The van der Waals surface area contributed by atoms with E-state index in [0.717, 1.165) is 11.5 Å². The first-order valence-electron chi connectivity index (χ1n) is 4.09. The van der Waals surface area contributed by atoms with Crippen LogP contribution in [0.15, 0.2) is 12.2 Å². The molecule has 4 heteroatoms. The molecule has 0 radical (unpaired) electrons. The van der Waals surface area contributed by atoms with Gasteiger partial charge in [0.1, 0.15) is 0 Å². The Labute approximate surface area is 82.4 Å². The monoisotopic (exact) mass is 199 g/mol. The van der Waals surface area contributed by atoms with Crippen molar-refractivity contribution in [1.82, 2.24) is 0 Å². The number of carboxylic acid groups (broad SMARTS) is 1. The summed E-state index contributed by atoms with van der Waals surface area (Å²) in [6.45, 7) is 0. The standard InChI is InChI=1S/C9H13NO2S/c10-6-2-1-3-7-13-8-4-5-9(11)12/h1,3H,2,4-5,7-8H2,(H,11,12). The normalized spacial score (nSPS) is 10.1. The zero-order valence-corrected chi connectivity index (χ0v) is 8.22. The molecule has 0 atom stereocenters. The number of rotatable bonds is 7. The molecule has 0 aliphatic carbocycles. The van der Waals surface area contributed by atoms with Crippen LogP contribution >= 0.6 is 11.8 Å². The lowest BCUT2D eigenvalue weighted by molar-refractivity contribution is -0.137. The van der Waals surface area contributed by atoms with E-state index in [1.807, 2.05) is 18.2 Å². The molecule has 0 aliphatic heterocycles. The minimum absolute atomic E-state index is 0.245. The molecule has 0 amide bonds. The zero-order chi connectivity index (χ0) is 9.94.